The van der Waals surface area contributed by atoms with Crippen LogP contribution < -0.4 is 0 Å². The Morgan fingerprint density at radius 1 is 1.03 bits per heavy atom. The fourth-order valence-electron chi connectivity index (χ4n) is 4.42. The van der Waals surface area contributed by atoms with Gasteiger partial charge in [0.2, 0.25) is 5.91 Å². The molecule has 2 fully saturated rings. The first kappa shape index (κ1) is 21.5. The average molecular weight is 448 g/mol. The van der Waals surface area contributed by atoms with Crippen molar-refractivity contribution in [3.05, 3.63) is 52.9 Å². The second-order valence-electron chi connectivity index (χ2n) is 8.29. The molecule has 1 aromatic heterocycles. The van der Waals surface area contributed by atoms with E-state index in [1.54, 1.807) is 6.07 Å². The number of piperidine rings is 1. The van der Waals surface area contributed by atoms with Crippen molar-refractivity contribution < 1.29 is 13.2 Å². The van der Waals surface area contributed by atoms with E-state index in [1.165, 1.54) is 15.6 Å². The summed E-state index contributed by atoms with van der Waals surface area (Å²) >= 11 is 1.29. The van der Waals surface area contributed by atoms with Crippen molar-refractivity contribution in [1.29, 1.82) is 0 Å². The van der Waals surface area contributed by atoms with Gasteiger partial charge in [0, 0.05) is 37.6 Å². The molecule has 0 saturated carbocycles. The van der Waals surface area contributed by atoms with E-state index >= 15 is 0 Å². The molecule has 6 nitrogen and oxygen atoms in total. The number of piperazine rings is 1. The predicted molar refractivity (Wildman–Crippen MR) is 119 cm³/mol. The van der Waals surface area contributed by atoms with E-state index in [9.17, 15) is 13.2 Å². The van der Waals surface area contributed by atoms with E-state index in [0.29, 0.717) is 23.7 Å². The third-order valence-electron chi connectivity index (χ3n) is 6.09. The van der Waals surface area contributed by atoms with E-state index in [0.717, 1.165) is 30.0 Å². The number of aryl methyl sites for hydroxylation is 1. The number of nitrogens with zero attached hydrogens (tertiary/aromatic N) is 3. The minimum absolute atomic E-state index is 0.00405. The summed E-state index contributed by atoms with van der Waals surface area (Å²) in [7, 11) is -1.46. The Morgan fingerprint density at radius 3 is 2.50 bits per heavy atom. The number of rotatable bonds is 4. The summed E-state index contributed by atoms with van der Waals surface area (Å²) in [6, 6.07) is 13.6. The van der Waals surface area contributed by atoms with Crippen molar-refractivity contribution in [3.8, 4) is 0 Å². The van der Waals surface area contributed by atoms with Crippen LogP contribution in [-0.2, 0) is 14.8 Å². The van der Waals surface area contributed by atoms with Crippen LogP contribution in [0.4, 0.5) is 0 Å². The summed E-state index contributed by atoms with van der Waals surface area (Å²) < 4.78 is 28.0. The van der Waals surface area contributed by atoms with Gasteiger partial charge in [0.15, 0.2) is 0 Å². The highest BCUT2D eigenvalue weighted by atomic mass is 32.2. The molecule has 2 unspecified atom stereocenters. The van der Waals surface area contributed by atoms with Gasteiger partial charge in [-0.2, -0.15) is 4.31 Å². The van der Waals surface area contributed by atoms with Gasteiger partial charge < -0.3 is 9.80 Å². The predicted octanol–water partition coefficient (Wildman–Crippen LogP) is 2.97. The molecule has 2 aliphatic heterocycles. The standard InChI is InChI=1S/C22H29N3O3S2/c1-17-10-11-21(29-17)30(27,28)24-12-6-9-19(15-24)22(26)25-14-13-23(2)16-20(25)18-7-4-3-5-8-18/h3-5,7-8,10-11,19-20H,6,9,12-16H2,1-2H3. The lowest BCUT2D eigenvalue weighted by Gasteiger charge is -2.43. The maximum atomic E-state index is 13.5. The third-order valence-corrected chi connectivity index (χ3v) is 9.43. The van der Waals surface area contributed by atoms with Gasteiger partial charge in [-0.3, -0.25) is 4.79 Å². The van der Waals surface area contributed by atoms with Crippen LogP contribution >= 0.6 is 11.3 Å². The van der Waals surface area contributed by atoms with Crippen LogP contribution in [-0.4, -0.2) is 68.2 Å². The number of benzene rings is 1. The lowest BCUT2D eigenvalue weighted by atomic mass is 9.95. The molecule has 8 heteroatoms. The van der Waals surface area contributed by atoms with Crippen LogP contribution in [0.15, 0.2) is 46.7 Å². The van der Waals surface area contributed by atoms with Crippen molar-refractivity contribution in [2.24, 2.45) is 5.92 Å². The van der Waals surface area contributed by atoms with Crippen LogP contribution in [0.2, 0.25) is 0 Å². The minimum Gasteiger partial charge on any atom is -0.333 e. The van der Waals surface area contributed by atoms with E-state index in [1.807, 2.05) is 36.1 Å². The maximum Gasteiger partial charge on any atom is 0.252 e. The van der Waals surface area contributed by atoms with Crippen LogP contribution in [0.1, 0.15) is 29.3 Å². The molecule has 0 bridgehead atoms. The third kappa shape index (κ3) is 4.32. The van der Waals surface area contributed by atoms with Gasteiger partial charge in [0.25, 0.3) is 10.0 Å². The molecule has 2 saturated heterocycles. The molecule has 30 heavy (non-hydrogen) atoms. The average Bonchev–Trinajstić information content (AvgIpc) is 3.21. The number of amides is 1. The highest BCUT2D eigenvalue weighted by Gasteiger charge is 2.38. The van der Waals surface area contributed by atoms with Crippen LogP contribution in [0.25, 0.3) is 0 Å². The molecule has 2 aliphatic rings. The van der Waals surface area contributed by atoms with Crippen molar-refractivity contribution in [3.63, 3.8) is 0 Å². The Morgan fingerprint density at radius 2 is 1.80 bits per heavy atom. The number of hydrogen-bond acceptors (Lipinski definition) is 5. The molecular weight excluding hydrogens is 418 g/mol. The van der Waals surface area contributed by atoms with E-state index in [4.69, 9.17) is 0 Å². The van der Waals surface area contributed by atoms with Crippen molar-refractivity contribution in [2.75, 3.05) is 39.8 Å². The van der Waals surface area contributed by atoms with E-state index in [-0.39, 0.29) is 24.4 Å². The van der Waals surface area contributed by atoms with Crippen LogP contribution in [0.3, 0.4) is 0 Å². The quantitative estimate of drug-likeness (QED) is 0.723. The summed E-state index contributed by atoms with van der Waals surface area (Å²) in [6.45, 7) is 4.95. The van der Waals surface area contributed by atoms with Gasteiger partial charge in [-0.05, 0) is 44.5 Å². The van der Waals surface area contributed by atoms with E-state index < -0.39 is 10.0 Å². The molecule has 1 aromatic carbocycles. The molecule has 0 N–H and O–H groups in total. The summed E-state index contributed by atoms with van der Waals surface area (Å²) in [5.74, 6) is -0.205. The fourth-order valence-corrected chi connectivity index (χ4v) is 7.38. The smallest absolute Gasteiger partial charge is 0.252 e. The summed E-state index contributed by atoms with van der Waals surface area (Å²) in [6.07, 6.45) is 1.45. The molecule has 3 heterocycles. The zero-order valence-corrected chi connectivity index (χ0v) is 19.2. The van der Waals surface area contributed by atoms with Gasteiger partial charge >= 0.3 is 0 Å². The van der Waals surface area contributed by atoms with Crippen molar-refractivity contribution in [1.82, 2.24) is 14.1 Å². The van der Waals surface area contributed by atoms with Gasteiger partial charge in [0.1, 0.15) is 4.21 Å². The van der Waals surface area contributed by atoms with Crippen molar-refractivity contribution >= 4 is 27.3 Å². The van der Waals surface area contributed by atoms with Gasteiger partial charge in [-0.15, -0.1) is 11.3 Å². The topological polar surface area (TPSA) is 60.9 Å². The first-order valence-electron chi connectivity index (χ1n) is 10.5. The highest BCUT2D eigenvalue weighted by Crippen LogP contribution is 2.32. The van der Waals surface area contributed by atoms with Crippen LogP contribution in [0, 0.1) is 12.8 Å². The second kappa shape index (κ2) is 8.78. The first-order valence-corrected chi connectivity index (χ1v) is 12.7. The number of hydrogen-bond donors (Lipinski definition) is 0. The van der Waals surface area contributed by atoms with Crippen LogP contribution in [0.5, 0.6) is 0 Å². The number of sulfonamides is 1. The second-order valence-corrected chi connectivity index (χ2v) is 11.7. The minimum atomic E-state index is -3.54. The van der Waals surface area contributed by atoms with Gasteiger partial charge in [-0.1, -0.05) is 30.3 Å². The Labute approximate surface area is 183 Å². The number of thiophene rings is 1. The molecule has 1 amide bonds. The SMILES string of the molecule is Cc1ccc(S(=O)(=O)N2CCCC(C(=O)N3CCN(C)CC3c3ccccc3)C2)s1. The zero-order valence-electron chi connectivity index (χ0n) is 17.5. The molecule has 2 atom stereocenters. The Kier molecular flexibility index (Phi) is 6.29. The molecule has 4 rings (SSSR count). The number of likely N-dealkylation sites (N-methyl/N-ethyl adjacent to an activating group) is 1. The maximum absolute atomic E-state index is 13.5. The largest absolute Gasteiger partial charge is 0.333 e. The van der Waals surface area contributed by atoms with Gasteiger partial charge in [-0.25, -0.2) is 8.42 Å². The molecule has 2 aromatic rings. The molecule has 0 aliphatic carbocycles. The first-order chi connectivity index (χ1) is 14.4. The van der Waals surface area contributed by atoms with E-state index in [2.05, 4.69) is 24.1 Å². The summed E-state index contributed by atoms with van der Waals surface area (Å²) in [5.41, 5.74) is 1.13. The molecular formula is C22H29N3O3S2. The molecule has 162 valence electrons. The monoisotopic (exact) mass is 447 g/mol. The summed E-state index contributed by atoms with van der Waals surface area (Å²) in [5, 5.41) is 0. The Hall–Kier alpha value is -1.74. The Bertz CT molecular complexity index is 990. The molecule has 0 spiro atoms. The summed E-state index contributed by atoms with van der Waals surface area (Å²) in [4.78, 5) is 18.7. The van der Waals surface area contributed by atoms with Crippen molar-refractivity contribution in [2.45, 2.75) is 30.0 Å². The lowest BCUT2D eigenvalue weighted by molar-refractivity contribution is -0.141. The number of carbonyl (C=O) groups excluding carboxylic acids is 1. The number of carbonyl (C=O) groups is 1. The molecule has 0 radical (unpaired) electrons. The fraction of sp³-hybridized carbons (Fsp3) is 0.500. The normalized spacial score (nSPS) is 24.1. The lowest BCUT2D eigenvalue weighted by Crippen LogP contribution is -2.53. The Balaban J connectivity index is 1.53. The van der Waals surface area contributed by atoms with Gasteiger partial charge in [0.05, 0.1) is 12.0 Å². The zero-order chi connectivity index (χ0) is 21.3. The highest BCUT2D eigenvalue weighted by molar-refractivity contribution is 7.91.